The molecule has 1 saturated carbocycles. The number of hydrogen-bond donors (Lipinski definition) is 1. The highest BCUT2D eigenvalue weighted by Crippen LogP contribution is 2.47. The van der Waals surface area contributed by atoms with E-state index in [0.717, 1.165) is 56.9 Å². The zero-order chi connectivity index (χ0) is 22.8. The van der Waals surface area contributed by atoms with Crippen LogP contribution in [0.3, 0.4) is 0 Å². The third-order valence-corrected chi connectivity index (χ3v) is 7.67. The lowest BCUT2D eigenvalue weighted by Gasteiger charge is -2.54. The Morgan fingerprint density at radius 2 is 1.66 bits per heavy atom. The van der Waals surface area contributed by atoms with Gasteiger partial charge in [0.25, 0.3) is 0 Å². The zero-order valence-electron chi connectivity index (χ0n) is 20.1. The van der Waals surface area contributed by atoms with E-state index in [9.17, 15) is 0 Å². The van der Waals surface area contributed by atoms with E-state index < -0.39 is 0 Å². The number of pyridine rings is 1. The van der Waals surface area contributed by atoms with Crippen molar-refractivity contribution in [3.8, 4) is 5.75 Å². The fourth-order valence-electron chi connectivity index (χ4n) is 5.74. The van der Waals surface area contributed by atoms with E-state index in [1.54, 1.807) is 0 Å². The second kappa shape index (κ2) is 10.7. The summed E-state index contributed by atoms with van der Waals surface area (Å²) in [6.45, 7) is 5.38. The fraction of sp³-hybridized carbons (Fsp3) is 0.414. The van der Waals surface area contributed by atoms with Gasteiger partial charge in [-0.2, -0.15) is 0 Å². The second-order valence-corrected chi connectivity index (χ2v) is 10.1. The number of rotatable bonds is 8. The molecule has 6 rings (SSSR count). The maximum atomic E-state index is 6.62. The average molecular weight is 492 g/mol. The molecule has 1 aliphatic carbocycles. The predicted octanol–water partition coefficient (Wildman–Crippen LogP) is 4.95. The Morgan fingerprint density at radius 3 is 2.34 bits per heavy atom. The molecule has 1 atom stereocenters. The van der Waals surface area contributed by atoms with Crippen molar-refractivity contribution in [1.82, 2.24) is 15.2 Å². The summed E-state index contributed by atoms with van der Waals surface area (Å²) in [6, 6.07) is 23.3. The molecular weight excluding hydrogens is 458 g/mol. The molecule has 0 radical (unpaired) electrons. The topological polar surface area (TPSA) is 46.6 Å². The van der Waals surface area contributed by atoms with Crippen LogP contribution in [0.4, 0.5) is 0 Å². The minimum absolute atomic E-state index is 0. The molecule has 2 aromatic carbocycles. The van der Waals surface area contributed by atoms with Gasteiger partial charge in [0.15, 0.2) is 0 Å². The summed E-state index contributed by atoms with van der Waals surface area (Å²) in [5, 5.41) is 3.42. The van der Waals surface area contributed by atoms with Gasteiger partial charge in [-0.05, 0) is 30.0 Å². The van der Waals surface area contributed by atoms with Crippen LogP contribution in [0.2, 0.25) is 0 Å². The van der Waals surface area contributed by atoms with E-state index in [2.05, 4.69) is 70.9 Å². The van der Waals surface area contributed by atoms with Crippen molar-refractivity contribution in [3.63, 3.8) is 0 Å². The highest BCUT2D eigenvalue weighted by molar-refractivity contribution is 5.85. The lowest BCUT2D eigenvalue weighted by Crippen LogP contribution is -2.62. The van der Waals surface area contributed by atoms with Gasteiger partial charge in [0.2, 0.25) is 0 Å². The molecule has 5 nitrogen and oxygen atoms in total. The van der Waals surface area contributed by atoms with Gasteiger partial charge in [0, 0.05) is 49.8 Å². The third kappa shape index (κ3) is 5.24. The molecule has 1 spiro atoms. The Labute approximate surface area is 214 Å². The molecule has 35 heavy (non-hydrogen) atoms. The third-order valence-electron chi connectivity index (χ3n) is 7.67. The van der Waals surface area contributed by atoms with Crippen molar-refractivity contribution in [2.45, 2.75) is 44.6 Å². The second-order valence-electron chi connectivity index (χ2n) is 10.1. The van der Waals surface area contributed by atoms with Crippen molar-refractivity contribution < 1.29 is 9.47 Å². The number of benzene rings is 2. The molecule has 1 unspecified atom stereocenters. The van der Waals surface area contributed by atoms with E-state index in [1.165, 1.54) is 16.7 Å². The lowest BCUT2D eigenvalue weighted by molar-refractivity contribution is -0.0512. The van der Waals surface area contributed by atoms with Crippen LogP contribution in [-0.2, 0) is 24.3 Å². The maximum Gasteiger partial charge on any atom is 0.127 e. The molecule has 184 valence electrons. The van der Waals surface area contributed by atoms with E-state index in [0.29, 0.717) is 24.7 Å². The summed E-state index contributed by atoms with van der Waals surface area (Å²) in [5.41, 5.74) is 5.41. The summed E-state index contributed by atoms with van der Waals surface area (Å²) in [5.74, 6) is 1.00. The van der Waals surface area contributed by atoms with E-state index in [4.69, 9.17) is 14.5 Å². The van der Waals surface area contributed by atoms with Gasteiger partial charge in [-0.15, -0.1) is 12.4 Å². The van der Waals surface area contributed by atoms with Crippen molar-refractivity contribution in [2.24, 2.45) is 5.41 Å². The monoisotopic (exact) mass is 491 g/mol. The first kappa shape index (κ1) is 24.3. The summed E-state index contributed by atoms with van der Waals surface area (Å²) in [7, 11) is 0. The SMILES string of the molecule is Cl.c1ccc(COCC2c3c(OC4CC5(CNC5)C4)ccnc3CCN2Cc2ccccc2)cc1. The Balaban J connectivity index is 0.00000253. The van der Waals surface area contributed by atoms with Crippen LogP contribution in [0.25, 0.3) is 0 Å². The summed E-state index contributed by atoms with van der Waals surface area (Å²) >= 11 is 0. The fourth-order valence-corrected chi connectivity index (χ4v) is 5.74. The number of hydrogen-bond acceptors (Lipinski definition) is 5. The van der Waals surface area contributed by atoms with E-state index in [1.807, 2.05) is 12.3 Å². The van der Waals surface area contributed by atoms with Crippen LogP contribution in [-0.4, -0.2) is 42.2 Å². The van der Waals surface area contributed by atoms with Gasteiger partial charge in [-0.3, -0.25) is 9.88 Å². The molecule has 3 heterocycles. The molecule has 3 aliphatic rings. The van der Waals surface area contributed by atoms with Crippen LogP contribution < -0.4 is 10.1 Å². The molecule has 1 N–H and O–H groups in total. The Morgan fingerprint density at radius 1 is 0.943 bits per heavy atom. The van der Waals surface area contributed by atoms with Crippen molar-refractivity contribution in [1.29, 1.82) is 0 Å². The van der Waals surface area contributed by atoms with Gasteiger partial charge in [0.05, 0.1) is 31.1 Å². The highest BCUT2D eigenvalue weighted by Gasteiger charge is 2.50. The van der Waals surface area contributed by atoms with Crippen LogP contribution in [0.5, 0.6) is 5.75 Å². The van der Waals surface area contributed by atoms with Gasteiger partial charge in [-0.1, -0.05) is 60.7 Å². The number of halogens is 1. The smallest absolute Gasteiger partial charge is 0.127 e. The van der Waals surface area contributed by atoms with Gasteiger partial charge in [-0.25, -0.2) is 0 Å². The van der Waals surface area contributed by atoms with E-state index in [-0.39, 0.29) is 18.4 Å². The van der Waals surface area contributed by atoms with Gasteiger partial charge in [0.1, 0.15) is 5.75 Å². The van der Waals surface area contributed by atoms with Crippen LogP contribution >= 0.6 is 12.4 Å². The molecule has 1 aromatic heterocycles. The normalized spacial score (nSPS) is 20.9. The van der Waals surface area contributed by atoms with E-state index >= 15 is 0 Å². The quantitative estimate of drug-likeness (QED) is 0.483. The van der Waals surface area contributed by atoms with Crippen molar-refractivity contribution >= 4 is 12.4 Å². The largest absolute Gasteiger partial charge is 0.490 e. The predicted molar refractivity (Wildman–Crippen MR) is 140 cm³/mol. The average Bonchev–Trinajstić information content (AvgIpc) is 2.82. The maximum absolute atomic E-state index is 6.62. The number of nitrogens with zero attached hydrogens (tertiary/aromatic N) is 2. The highest BCUT2D eigenvalue weighted by atomic mass is 35.5. The Bertz CT molecular complexity index is 1100. The van der Waals surface area contributed by atoms with Gasteiger partial charge >= 0.3 is 0 Å². The molecule has 1 saturated heterocycles. The minimum Gasteiger partial charge on any atom is -0.490 e. The summed E-state index contributed by atoms with van der Waals surface area (Å²) < 4.78 is 12.9. The molecular formula is C29H34ClN3O2. The summed E-state index contributed by atoms with van der Waals surface area (Å²) in [6.07, 6.45) is 5.47. The minimum atomic E-state index is 0. The zero-order valence-corrected chi connectivity index (χ0v) is 20.9. The first-order valence-electron chi connectivity index (χ1n) is 12.5. The van der Waals surface area contributed by atoms with Crippen LogP contribution in [0, 0.1) is 5.41 Å². The number of fused-ring (bicyclic) bond motifs is 1. The molecule has 6 heteroatoms. The first-order valence-corrected chi connectivity index (χ1v) is 12.5. The number of nitrogens with one attached hydrogen (secondary N) is 1. The Hall–Kier alpha value is -2.44. The van der Waals surface area contributed by atoms with Crippen molar-refractivity contribution in [2.75, 3.05) is 26.2 Å². The standard InChI is InChI=1S/C29H33N3O2.ClH/c1-3-7-22(8-4-1)17-32-14-12-25-28(26(32)19-33-18-23-9-5-2-6-10-23)27(11-13-31-25)34-24-15-29(16-24)20-30-21-29;/h1-11,13,24,26,30H,12,14-21H2;1H. The Kier molecular flexibility index (Phi) is 7.40. The molecule has 2 fully saturated rings. The van der Waals surface area contributed by atoms with Crippen LogP contribution in [0.1, 0.15) is 41.3 Å². The summed E-state index contributed by atoms with van der Waals surface area (Å²) in [4.78, 5) is 7.31. The molecule has 0 amide bonds. The molecule has 3 aromatic rings. The lowest BCUT2D eigenvalue weighted by atomic mass is 9.63. The molecule has 0 bridgehead atoms. The number of aromatic nitrogens is 1. The number of ether oxygens (including phenoxy) is 2. The van der Waals surface area contributed by atoms with Crippen LogP contribution in [0.15, 0.2) is 72.9 Å². The van der Waals surface area contributed by atoms with Crippen molar-refractivity contribution in [3.05, 3.63) is 95.3 Å². The molecule has 2 aliphatic heterocycles. The first-order chi connectivity index (χ1) is 16.8. The van der Waals surface area contributed by atoms with Gasteiger partial charge < -0.3 is 14.8 Å².